The molecule has 0 fully saturated rings. The molecule has 0 aliphatic carbocycles. The Bertz CT molecular complexity index is 37.1. The van der Waals surface area contributed by atoms with E-state index in [0.717, 1.165) is 12.8 Å². The van der Waals surface area contributed by atoms with E-state index in [2.05, 4.69) is 6.58 Å². The summed E-state index contributed by atoms with van der Waals surface area (Å²) < 4.78 is 0. The van der Waals surface area contributed by atoms with Crippen LogP contribution in [0.4, 0.5) is 0 Å². The Balaban J connectivity index is 0. The number of hydrogen-bond donors (Lipinski definition) is 0. The summed E-state index contributed by atoms with van der Waals surface area (Å²) in [4.78, 5) is 0. The van der Waals surface area contributed by atoms with E-state index in [-0.39, 0.29) is 25.5 Å². The van der Waals surface area contributed by atoms with Crippen molar-refractivity contribution in [3.63, 3.8) is 0 Å². The van der Waals surface area contributed by atoms with Gasteiger partial charge >= 0.3 is 18.9 Å². The molecule has 0 amide bonds. The van der Waals surface area contributed by atoms with Crippen LogP contribution in [-0.2, 0) is 0 Å². The third kappa shape index (κ3) is 10.7. The van der Waals surface area contributed by atoms with Crippen molar-refractivity contribution >= 4 is 0 Å². The third-order valence-electron chi connectivity index (χ3n) is 0.553. The Morgan fingerprint density at radius 3 is 2.29 bits per heavy atom. The van der Waals surface area contributed by atoms with Crippen molar-refractivity contribution in [3.8, 4) is 0 Å². The molecular formula is C5H9LiO. The molecule has 0 radical (unpaired) electrons. The van der Waals surface area contributed by atoms with Crippen LogP contribution in [-0.4, -0.2) is 6.61 Å². The summed E-state index contributed by atoms with van der Waals surface area (Å²) in [7, 11) is 0. The summed E-state index contributed by atoms with van der Waals surface area (Å²) in [5, 5.41) is 9.64. The Morgan fingerprint density at radius 2 is 2.14 bits per heavy atom. The maximum Gasteiger partial charge on any atom is 1.00 e. The van der Waals surface area contributed by atoms with Crippen LogP contribution in [0.15, 0.2) is 12.7 Å². The molecule has 0 unspecified atom stereocenters. The summed E-state index contributed by atoms with van der Waals surface area (Å²) in [5.74, 6) is 0. The van der Waals surface area contributed by atoms with Gasteiger partial charge in [0, 0.05) is 0 Å². The standard InChI is InChI=1S/C5H9O.Li/c1-2-3-4-5-6;/h2H,1,3-5H2;/q-1;+1. The molecule has 0 aromatic rings. The Hall–Kier alpha value is 0.297. The van der Waals surface area contributed by atoms with Gasteiger partial charge < -0.3 is 5.11 Å². The molecule has 7 heavy (non-hydrogen) atoms. The van der Waals surface area contributed by atoms with Gasteiger partial charge in [-0.1, -0.05) is 12.5 Å². The predicted octanol–water partition coefficient (Wildman–Crippen LogP) is -2.68. The van der Waals surface area contributed by atoms with Gasteiger partial charge in [-0.2, -0.15) is 0 Å². The fourth-order valence-electron chi connectivity index (χ4n) is 0.228. The second kappa shape index (κ2) is 9.57. The van der Waals surface area contributed by atoms with Crippen molar-refractivity contribution in [2.75, 3.05) is 6.61 Å². The molecule has 0 aliphatic rings. The van der Waals surface area contributed by atoms with Gasteiger partial charge in [0.05, 0.1) is 0 Å². The van der Waals surface area contributed by atoms with Crippen LogP contribution in [0, 0.1) is 0 Å². The smallest absolute Gasteiger partial charge is 0.854 e. The van der Waals surface area contributed by atoms with Crippen LogP contribution in [0.5, 0.6) is 0 Å². The number of rotatable bonds is 3. The zero-order valence-corrected chi connectivity index (χ0v) is 4.81. The molecule has 0 aromatic heterocycles. The molecule has 0 spiro atoms. The minimum atomic E-state index is 0. The van der Waals surface area contributed by atoms with Gasteiger partial charge in [-0.05, 0) is 6.42 Å². The summed E-state index contributed by atoms with van der Waals surface area (Å²) in [5.41, 5.74) is 0. The van der Waals surface area contributed by atoms with Crippen molar-refractivity contribution < 1.29 is 24.0 Å². The quantitative estimate of drug-likeness (QED) is 0.211. The second-order valence-corrected chi connectivity index (χ2v) is 1.14. The molecule has 36 valence electrons. The van der Waals surface area contributed by atoms with E-state index in [4.69, 9.17) is 0 Å². The molecular weight excluding hydrogens is 83.0 g/mol. The van der Waals surface area contributed by atoms with Crippen molar-refractivity contribution in [1.29, 1.82) is 0 Å². The summed E-state index contributed by atoms with van der Waals surface area (Å²) >= 11 is 0. The third-order valence-corrected chi connectivity index (χ3v) is 0.553. The average molecular weight is 92.1 g/mol. The van der Waals surface area contributed by atoms with Crippen molar-refractivity contribution in [1.82, 2.24) is 0 Å². The molecule has 1 nitrogen and oxygen atoms in total. The minimum absolute atomic E-state index is 0. The first kappa shape index (κ1) is 10.3. The number of unbranched alkanes of at least 4 members (excludes halogenated alkanes) is 1. The van der Waals surface area contributed by atoms with Crippen LogP contribution in [0.2, 0.25) is 0 Å². The van der Waals surface area contributed by atoms with E-state index in [1.54, 1.807) is 6.08 Å². The second-order valence-electron chi connectivity index (χ2n) is 1.14. The average Bonchev–Trinajstić information content (AvgIpc) is 1.61. The molecule has 2 heteroatoms. The molecule has 0 bridgehead atoms. The van der Waals surface area contributed by atoms with Gasteiger partial charge in [-0.15, -0.1) is 13.2 Å². The van der Waals surface area contributed by atoms with E-state index >= 15 is 0 Å². The maximum absolute atomic E-state index is 9.64. The SMILES string of the molecule is C=CCCC[O-].[Li+]. The Kier molecular flexibility index (Phi) is 14.1. The number of allylic oxidation sites excluding steroid dienone is 1. The fraction of sp³-hybridized carbons (Fsp3) is 0.600. The molecule has 0 aromatic carbocycles. The van der Waals surface area contributed by atoms with E-state index in [1.165, 1.54) is 0 Å². The summed E-state index contributed by atoms with van der Waals surface area (Å²) in [6.45, 7) is 3.49. The molecule has 0 heterocycles. The monoisotopic (exact) mass is 92.1 g/mol. The molecule has 0 saturated carbocycles. The van der Waals surface area contributed by atoms with Crippen LogP contribution < -0.4 is 24.0 Å². The predicted molar refractivity (Wildman–Crippen MR) is 24.3 cm³/mol. The first-order valence-electron chi connectivity index (χ1n) is 2.11. The molecule has 0 rings (SSSR count). The van der Waals surface area contributed by atoms with E-state index in [9.17, 15) is 5.11 Å². The number of hydrogen-bond acceptors (Lipinski definition) is 1. The van der Waals surface area contributed by atoms with Crippen LogP contribution in [0.25, 0.3) is 0 Å². The Labute approximate surface area is 56.6 Å². The van der Waals surface area contributed by atoms with Gasteiger partial charge in [-0.3, -0.25) is 0 Å². The van der Waals surface area contributed by atoms with E-state index in [1.807, 2.05) is 0 Å². The van der Waals surface area contributed by atoms with Crippen LogP contribution in [0.3, 0.4) is 0 Å². The summed E-state index contributed by atoms with van der Waals surface area (Å²) in [6.07, 6.45) is 3.37. The van der Waals surface area contributed by atoms with Gasteiger partial charge in [0.2, 0.25) is 0 Å². The van der Waals surface area contributed by atoms with E-state index in [0.29, 0.717) is 0 Å². The first-order valence-corrected chi connectivity index (χ1v) is 2.11. The molecule has 0 N–H and O–H groups in total. The summed E-state index contributed by atoms with van der Waals surface area (Å²) in [6, 6.07) is 0. The zero-order valence-electron chi connectivity index (χ0n) is 4.81. The Morgan fingerprint density at radius 1 is 1.57 bits per heavy atom. The molecule has 0 aliphatic heterocycles. The normalized spacial score (nSPS) is 7.00. The van der Waals surface area contributed by atoms with Gasteiger partial charge in [0.1, 0.15) is 0 Å². The van der Waals surface area contributed by atoms with E-state index < -0.39 is 0 Å². The minimum Gasteiger partial charge on any atom is -0.854 e. The topological polar surface area (TPSA) is 23.1 Å². The van der Waals surface area contributed by atoms with Crippen LogP contribution >= 0.6 is 0 Å². The van der Waals surface area contributed by atoms with Crippen LogP contribution in [0.1, 0.15) is 12.8 Å². The van der Waals surface area contributed by atoms with Gasteiger partial charge in [-0.25, -0.2) is 0 Å². The van der Waals surface area contributed by atoms with Crippen molar-refractivity contribution in [3.05, 3.63) is 12.7 Å². The zero-order chi connectivity index (χ0) is 4.83. The largest absolute Gasteiger partial charge is 1.00 e. The van der Waals surface area contributed by atoms with Crippen molar-refractivity contribution in [2.24, 2.45) is 0 Å². The van der Waals surface area contributed by atoms with Crippen molar-refractivity contribution in [2.45, 2.75) is 12.8 Å². The van der Waals surface area contributed by atoms with Gasteiger partial charge in [0.25, 0.3) is 0 Å². The fourth-order valence-corrected chi connectivity index (χ4v) is 0.228. The van der Waals surface area contributed by atoms with Gasteiger partial charge in [0.15, 0.2) is 0 Å². The molecule has 0 saturated heterocycles. The molecule has 0 atom stereocenters. The maximum atomic E-state index is 9.64. The first-order chi connectivity index (χ1) is 2.91.